The Morgan fingerprint density at radius 1 is 1.05 bits per heavy atom. The van der Waals surface area contributed by atoms with Crippen LogP contribution in [-0.4, -0.2) is 27.7 Å². The Labute approximate surface area is 121 Å². The number of phenolic OH excluding ortho intramolecular Hbond substituents is 3. The lowest BCUT2D eigenvalue weighted by molar-refractivity contribution is 0.0830. The van der Waals surface area contributed by atoms with Crippen LogP contribution in [0.1, 0.15) is 15.9 Å². The summed E-state index contributed by atoms with van der Waals surface area (Å²) in [6, 6.07) is 8.92. The van der Waals surface area contributed by atoms with E-state index >= 15 is 0 Å². The third-order valence-electron chi connectivity index (χ3n) is 3.56. The second-order valence-corrected chi connectivity index (χ2v) is 5.08. The number of phenols is 3. The fraction of sp³-hybridized carbons (Fsp3) is 0.188. The van der Waals surface area contributed by atoms with Crippen molar-refractivity contribution in [2.24, 2.45) is 5.92 Å². The van der Waals surface area contributed by atoms with E-state index in [2.05, 4.69) is 0 Å². The van der Waals surface area contributed by atoms with Crippen LogP contribution in [0.5, 0.6) is 23.0 Å². The van der Waals surface area contributed by atoms with Crippen LogP contribution in [0.3, 0.4) is 0 Å². The second kappa shape index (κ2) is 5.01. The van der Waals surface area contributed by atoms with Gasteiger partial charge in [-0.25, -0.2) is 0 Å². The Morgan fingerprint density at radius 3 is 2.62 bits per heavy atom. The summed E-state index contributed by atoms with van der Waals surface area (Å²) in [6.45, 7) is 0.219. The van der Waals surface area contributed by atoms with Crippen molar-refractivity contribution in [2.45, 2.75) is 6.42 Å². The molecule has 0 aliphatic carbocycles. The number of hydrogen-bond donors (Lipinski definition) is 3. The zero-order valence-corrected chi connectivity index (χ0v) is 11.1. The molecule has 2 aromatic carbocycles. The second-order valence-electron chi connectivity index (χ2n) is 5.08. The number of benzene rings is 2. The zero-order valence-electron chi connectivity index (χ0n) is 11.1. The summed E-state index contributed by atoms with van der Waals surface area (Å²) in [4.78, 5) is 12.4. The van der Waals surface area contributed by atoms with Gasteiger partial charge in [0, 0.05) is 6.07 Å². The van der Waals surface area contributed by atoms with Gasteiger partial charge < -0.3 is 20.1 Å². The molecular weight excluding hydrogens is 272 g/mol. The van der Waals surface area contributed by atoms with Gasteiger partial charge in [0.1, 0.15) is 11.5 Å². The van der Waals surface area contributed by atoms with Gasteiger partial charge >= 0.3 is 0 Å². The highest BCUT2D eigenvalue weighted by atomic mass is 16.5. The fourth-order valence-corrected chi connectivity index (χ4v) is 2.45. The molecule has 3 rings (SSSR count). The molecular formula is C16H14O5. The number of rotatable bonds is 2. The highest BCUT2D eigenvalue weighted by Crippen LogP contribution is 2.33. The maximum Gasteiger partial charge on any atom is 0.173 e. The Morgan fingerprint density at radius 2 is 1.86 bits per heavy atom. The van der Waals surface area contributed by atoms with Gasteiger partial charge in [0.05, 0.1) is 18.1 Å². The summed E-state index contributed by atoms with van der Waals surface area (Å²) in [5.74, 6) is -0.351. The van der Waals surface area contributed by atoms with E-state index in [1.807, 2.05) is 0 Å². The lowest BCUT2D eigenvalue weighted by atomic mass is 9.89. The summed E-state index contributed by atoms with van der Waals surface area (Å²) >= 11 is 0. The number of Topliss-reactive ketones (excluding diaryl/α,β-unsaturated/α-hetero) is 1. The lowest BCUT2D eigenvalue weighted by Crippen LogP contribution is -2.29. The van der Waals surface area contributed by atoms with Crippen molar-refractivity contribution in [3.8, 4) is 23.0 Å². The van der Waals surface area contributed by atoms with Crippen LogP contribution in [-0.2, 0) is 6.42 Å². The monoisotopic (exact) mass is 286 g/mol. The molecule has 0 saturated heterocycles. The highest BCUT2D eigenvalue weighted by Gasteiger charge is 2.29. The predicted octanol–water partition coefficient (Wildman–Crippen LogP) is 2.24. The molecule has 1 aliphatic heterocycles. The van der Waals surface area contributed by atoms with Crippen molar-refractivity contribution in [1.82, 2.24) is 0 Å². The van der Waals surface area contributed by atoms with Gasteiger partial charge in [-0.15, -0.1) is 0 Å². The maximum atomic E-state index is 12.4. The van der Waals surface area contributed by atoms with E-state index in [-0.39, 0.29) is 35.6 Å². The Balaban J connectivity index is 1.83. The van der Waals surface area contributed by atoms with Crippen molar-refractivity contribution < 1.29 is 24.9 Å². The molecule has 0 aromatic heterocycles. The minimum absolute atomic E-state index is 0.0520. The molecule has 0 saturated carbocycles. The molecule has 0 amide bonds. The van der Waals surface area contributed by atoms with Gasteiger partial charge in [0.25, 0.3) is 0 Å². The topological polar surface area (TPSA) is 87.0 Å². The Bertz CT molecular complexity index is 708. The molecule has 21 heavy (non-hydrogen) atoms. The number of carbonyl (C=O) groups excluding carboxylic acids is 1. The highest BCUT2D eigenvalue weighted by molar-refractivity contribution is 6.01. The summed E-state index contributed by atoms with van der Waals surface area (Å²) in [5.41, 5.74) is 1.20. The van der Waals surface area contributed by atoms with Crippen LogP contribution < -0.4 is 4.74 Å². The Hall–Kier alpha value is -2.69. The minimum Gasteiger partial charge on any atom is -0.508 e. The van der Waals surface area contributed by atoms with Gasteiger partial charge in [0.2, 0.25) is 0 Å². The molecule has 1 aliphatic rings. The minimum atomic E-state index is -0.356. The van der Waals surface area contributed by atoms with E-state index in [1.54, 1.807) is 12.1 Å². The average Bonchev–Trinajstić information content (AvgIpc) is 2.46. The van der Waals surface area contributed by atoms with Gasteiger partial charge in [-0.3, -0.25) is 4.79 Å². The molecule has 108 valence electrons. The number of carbonyl (C=O) groups is 1. The van der Waals surface area contributed by atoms with Crippen LogP contribution >= 0.6 is 0 Å². The van der Waals surface area contributed by atoms with Crippen molar-refractivity contribution in [3.05, 3.63) is 47.5 Å². The number of hydrogen-bond acceptors (Lipinski definition) is 5. The first-order valence-corrected chi connectivity index (χ1v) is 6.55. The number of ether oxygens (including phenoxy) is 1. The smallest absolute Gasteiger partial charge is 0.173 e. The Kier molecular flexibility index (Phi) is 3.17. The number of aromatic hydroxyl groups is 3. The summed E-state index contributed by atoms with van der Waals surface area (Å²) in [5, 5.41) is 28.2. The van der Waals surface area contributed by atoms with E-state index in [0.29, 0.717) is 17.7 Å². The average molecular weight is 286 g/mol. The largest absolute Gasteiger partial charge is 0.508 e. The van der Waals surface area contributed by atoms with Gasteiger partial charge in [-0.2, -0.15) is 0 Å². The standard InChI is InChI=1S/C16H14O5/c17-11-2-3-12-15(7-11)21-8-10(16(12)20)5-9-1-4-13(18)14(19)6-9/h1-4,6-7,10,17-19H,5,8H2/t10-/m1/s1. The van der Waals surface area contributed by atoms with Gasteiger partial charge in [0.15, 0.2) is 17.3 Å². The first-order chi connectivity index (χ1) is 10.0. The predicted molar refractivity (Wildman–Crippen MR) is 74.9 cm³/mol. The molecule has 5 nitrogen and oxygen atoms in total. The number of fused-ring (bicyclic) bond motifs is 1. The molecule has 1 heterocycles. The van der Waals surface area contributed by atoms with Crippen LogP contribution in [0.2, 0.25) is 0 Å². The first kappa shape index (κ1) is 13.3. The molecule has 1 atom stereocenters. The van der Waals surface area contributed by atoms with Crippen molar-refractivity contribution >= 4 is 5.78 Å². The van der Waals surface area contributed by atoms with Gasteiger partial charge in [-0.1, -0.05) is 6.07 Å². The van der Waals surface area contributed by atoms with E-state index in [1.165, 1.54) is 24.3 Å². The quantitative estimate of drug-likeness (QED) is 0.737. The molecule has 0 fully saturated rings. The maximum absolute atomic E-state index is 12.4. The summed E-state index contributed by atoms with van der Waals surface area (Å²) in [7, 11) is 0. The van der Waals surface area contributed by atoms with E-state index in [0.717, 1.165) is 5.56 Å². The summed E-state index contributed by atoms with van der Waals surface area (Å²) in [6.07, 6.45) is 0.410. The van der Waals surface area contributed by atoms with E-state index < -0.39 is 0 Å². The first-order valence-electron chi connectivity index (χ1n) is 6.55. The molecule has 0 spiro atoms. The molecule has 5 heteroatoms. The lowest BCUT2D eigenvalue weighted by Gasteiger charge is -2.24. The van der Waals surface area contributed by atoms with Crippen molar-refractivity contribution in [1.29, 1.82) is 0 Å². The van der Waals surface area contributed by atoms with Crippen LogP contribution in [0.25, 0.3) is 0 Å². The van der Waals surface area contributed by atoms with Crippen LogP contribution in [0.4, 0.5) is 0 Å². The number of ketones is 1. The zero-order chi connectivity index (χ0) is 15.0. The molecule has 2 aromatic rings. The SMILES string of the molecule is O=C1c2ccc(O)cc2OC[C@H]1Cc1ccc(O)c(O)c1. The van der Waals surface area contributed by atoms with Gasteiger partial charge in [-0.05, 0) is 36.2 Å². The third kappa shape index (κ3) is 2.50. The third-order valence-corrected chi connectivity index (χ3v) is 3.56. The molecule has 3 N–H and O–H groups in total. The fourth-order valence-electron chi connectivity index (χ4n) is 2.45. The molecule has 0 radical (unpaired) electrons. The summed E-state index contributed by atoms with van der Waals surface area (Å²) < 4.78 is 5.52. The van der Waals surface area contributed by atoms with Crippen LogP contribution in [0, 0.1) is 5.92 Å². The van der Waals surface area contributed by atoms with Crippen molar-refractivity contribution in [2.75, 3.05) is 6.61 Å². The van der Waals surface area contributed by atoms with E-state index in [9.17, 15) is 20.1 Å². The molecule has 0 bridgehead atoms. The van der Waals surface area contributed by atoms with E-state index in [4.69, 9.17) is 4.74 Å². The molecule has 0 unspecified atom stereocenters. The van der Waals surface area contributed by atoms with Crippen molar-refractivity contribution in [3.63, 3.8) is 0 Å². The normalized spacial score (nSPS) is 17.1. The van der Waals surface area contributed by atoms with Crippen LogP contribution in [0.15, 0.2) is 36.4 Å².